The van der Waals surface area contributed by atoms with Crippen LogP contribution < -0.4 is 18.8 Å². The summed E-state index contributed by atoms with van der Waals surface area (Å²) < 4.78 is 25.8. The normalized spacial score (nSPS) is 8.17. The van der Waals surface area contributed by atoms with E-state index in [-0.39, 0.29) is 0 Å². The molecule has 0 aromatic rings. The van der Waals surface area contributed by atoms with Gasteiger partial charge < -0.3 is 11.5 Å². The molecule has 6 heteroatoms. The van der Waals surface area contributed by atoms with Crippen molar-refractivity contribution in [3.63, 3.8) is 0 Å². The maximum atomic E-state index is 8.58. The Labute approximate surface area is 80.9 Å². The van der Waals surface area contributed by atoms with E-state index in [1.807, 2.05) is 0 Å². The van der Waals surface area contributed by atoms with Gasteiger partial charge in [0.25, 0.3) is 0 Å². The summed E-state index contributed by atoms with van der Waals surface area (Å²) in [5.74, 6) is 0. The monoisotopic (exact) mass is 216 g/mol. The second kappa shape index (κ2) is 13.9. The number of rotatable bonds is 0. The molecule has 0 atom stereocenters. The van der Waals surface area contributed by atoms with Gasteiger partial charge in [-0.2, -0.15) is 0 Å². The number of quaternary nitrogens is 2. The molecule has 0 rings (SSSR count). The van der Waals surface area contributed by atoms with Crippen molar-refractivity contribution < 1.29 is 40.8 Å². The standard InChI is InChI=1S/2C3H9N.3O.Ti/c2*1-3(2)4;;;;/h2*3H,4H2,1-2H3;;;;/q;;;2*-1;/p+2. The van der Waals surface area contributed by atoms with Crippen LogP contribution >= 0.6 is 0 Å². The number of hydrogen-bond acceptors (Lipinski definition) is 3. The second-order valence-corrected chi connectivity index (χ2v) is 3.82. The third kappa shape index (κ3) is 7220. The molecule has 0 aliphatic rings. The Bertz CT molecular complexity index is 83.3. The third-order valence-corrected chi connectivity index (χ3v) is 0. The van der Waals surface area contributed by atoms with Crippen molar-refractivity contribution in [1.29, 1.82) is 0 Å². The van der Waals surface area contributed by atoms with E-state index < -0.39 is 18.6 Å². The van der Waals surface area contributed by atoms with Gasteiger partial charge in [-0.3, -0.25) is 0 Å². The molecule has 0 aliphatic heterocycles. The molecule has 5 nitrogen and oxygen atoms in total. The van der Waals surface area contributed by atoms with Crippen molar-refractivity contribution in [2.24, 2.45) is 0 Å². The minimum absolute atomic E-state index is 0.583. The van der Waals surface area contributed by atoms with Gasteiger partial charge in [-0.25, -0.2) is 0 Å². The summed E-state index contributed by atoms with van der Waals surface area (Å²) >= 11 is -4.08. The first-order valence-corrected chi connectivity index (χ1v) is 5.65. The van der Waals surface area contributed by atoms with Crippen LogP contribution in [0.15, 0.2) is 0 Å². The van der Waals surface area contributed by atoms with Crippen molar-refractivity contribution in [3.05, 3.63) is 0 Å². The zero-order valence-electron chi connectivity index (χ0n) is 8.29. The Morgan fingerprint density at radius 3 is 1.00 bits per heavy atom. The zero-order chi connectivity index (χ0) is 10.7. The quantitative estimate of drug-likeness (QED) is 0.414. The van der Waals surface area contributed by atoms with Crippen LogP contribution in [0, 0.1) is 0 Å². The molecule has 76 valence electrons. The summed E-state index contributed by atoms with van der Waals surface area (Å²) in [4.78, 5) is 0. The Hall–Kier alpha value is 0.354. The van der Waals surface area contributed by atoms with E-state index in [2.05, 4.69) is 39.2 Å². The molecular weight excluding hydrogens is 196 g/mol. The summed E-state index contributed by atoms with van der Waals surface area (Å²) in [5.41, 5.74) is 7.28. The van der Waals surface area contributed by atoms with Crippen LogP contribution in [-0.4, -0.2) is 12.1 Å². The molecular formula is C6H20N2O3Ti. The van der Waals surface area contributed by atoms with Gasteiger partial charge >= 0.3 is 29.3 Å². The molecule has 0 aromatic heterocycles. The van der Waals surface area contributed by atoms with Gasteiger partial charge in [-0.15, -0.1) is 0 Å². The Morgan fingerprint density at radius 2 is 1.00 bits per heavy atom. The summed E-state index contributed by atoms with van der Waals surface area (Å²) in [6, 6.07) is 1.17. The third-order valence-electron chi connectivity index (χ3n) is 0. The van der Waals surface area contributed by atoms with Gasteiger partial charge in [0.05, 0.1) is 12.1 Å². The van der Waals surface area contributed by atoms with Crippen molar-refractivity contribution >= 4 is 0 Å². The van der Waals surface area contributed by atoms with Gasteiger partial charge in [0.2, 0.25) is 0 Å². The van der Waals surface area contributed by atoms with Crippen molar-refractivity contribution in [2.45, 2.75) is 39.8 Å². The number of hydrogen-bond donors (Lipinski definition) is 2. The first-order chi connectivity index (χ1) is 5.20. The molecule has 0 unspecified atom stereocenters. The van der Waals surface area contributed by atoms with E-state index >= 15 is 0 Å². The molecule has 12 heavy (non-hydrogen) atoms. The molecule has 0 spiro atoms. The fourth-order valence-corrected chi connectivity index (χ4v) is 0. The zero-order valence-corrected chi connectivity index (χ0v) is 9.86. The summed E-state index contributed by atoms with van der Waals surface area (Å²) in [6.45, 7) is 8.22. The van der Waals surface area contributed by atoms with E-state index in [4.69, 9.17) is 10.7 Å². The average Bonchev–Trinajstić information content (AvgIpc) is 1.54. The van der Waals surface area contributed by atoms with E-state index in [0.717, 1.165) is 0 Å². The summed E-state index contributed by atoms with van der Waals surface area (Å²) in [5, 5.41) is 0. The predicted molar refractivity (Wildman–Crippen MR) is 36.7 cm³/mol. The van der Waals surface area contributed by atoms with Crippen LogP contribution in [-0.2, 0) is 21.9 Å². The van der Waals surface area contributed by atoms with Crippen LogP contribution in [0.5, 0.6) is 0 Å². The molecule has 0 aliphatic carbocycles. The van der Waals surface area contributed by atoms with Gasteiger partial charge in [0, 0.05) is 0 Å². The first-order valence-electron chi connectivity index (χ1n) is 3.74. The fraction of sp³-hybridized carbons (Fsp3) is 1.00. The molecule has 0 bridgehead atoms. The Morgan fingerprint density at radius 1 is 1.00 bits per heavy atom. The van der Waals surface area contributed by atoms with Gasteiger partial charge in [-0.1, -0.05) is 0 Å². The summed E-state index contributed by atoms with van der Waals surface area (Å²) in [7, 11) is 0. The molecule has 0 saturated heterocycles. The van der Waals surface area contributed by atoms with Gasteiger partial charge in [0.15, 0.2) is 0 Å². The van der Waals surface area contributed by atoms with Crippen molar-refractivity contribution in [2.75, 3.05) is 0 Å². The van der Waals surface area contributed by atoms with E-state index in [0.29, 0.717) is 12.1 Å². The van der Waals surface area contributed by atoms with Crippen LogP contribution in [0.1, 0.15) is 27.7 Å². The SMILES string of the molecule is CC(C)[NH3+].CC(C)[NH3+].[O]=[Ti]([O-])[O-]. The van der Waals surface area contributed by atoms with Crippen LogP contribution in [0.4, 0.5) is 0 Å². The maximum absolute atomic E-state index is 8.58. The fourth-order valence-electron chi connectivity index (χ4n) is 0. The molecule has 6 N–H and O–H groups in total. The molecule has 0 radical (unpaired) electrons. The first kappa shape index (κ1) is 18.2. The molecule has 0 heterocycles. The molecule has 0 aromatic carbocycles. The minimum atomic E-state index is -4.08. The van der Waals surface area contributed by atoms with Crippen LogP contribution in [0.3, 0.4) is 0 Å². The Balaban J connectivity index is -0.000000101. The Kier molecular flexibility index (Phi) is 21.1. The van der Waals surface area contributed by atoms with Gasteiger partial charge in [-0.05, 0) is 27.7 Å². The summed E-state index contributed by atoms with van der Waals surface area (Å²) in [6.07, 6.45) is 0. The van der Waals surface area contributed by atoms with Crippen LogP contribution in [0.25, 0.3) is 0 Å². The topological polar surface area (TPSA) is 118 Å². The van der Waals surface area contributed by atoms with E-state index in [1.165, 1.54) is 0 Å². The average molecular weight is 216 g/mol. The molecule has 0 fully saturated rings. The predicted octanol–water partition coefficient (Wildman–Crippen LogP) is -3.23. The van der Waals surface area contributed by atoms with E-state index in [1.54, 1.807) is 0 Å². The molecule has 0 amide bonds. The van der Waals surface area contributed by atoms with Gasteiger partial charge in [0.1, 0.15) is 0 Å². The van der Waals surface area contributed by atoms with E-state index in [9.17, 15) is 0 Å². The van der Waals surface area contributed by atoms with Crippen LogP contribution in [0.2, 0.25) is 0 Å². The molecule has 0 saturated carbocycles. The van der Waals surface area contributed by atoms with Crippen molar-refractivity contribution in [1.82, 2.24) is 0 Å². The second-order valence-electron chi connectivity index (χ2n) is 3.04. The van der Waals surface area contributed by atoms with Crippen molar-refractivity contribution in [3.8, 4) is 0 Å².